The summed E-state index contributed by atoms with van der Waals surface area (Å²) in [7, 11) is 8.89. The Bertz CT molecular complexity index is 236. The van der Waals surface area contributed by atoms with Crippen LogP contribution in [0.2, 0.25) is 36.3 Å². The number of rotatable bonds is 18. The van der Waals surface area contributed by atoms with Crippen molar-refractivity contribution in [1.29, 1.82) is 0 Å². The van der Waals surface area contributed by atoms with E-state index in [4.69, 9.17) is 28.4 Å². The molecule has 0 amide bonds. The van der Waals surface area contributed by atoms with Gasteiger partial charge in [-0.05, 0) is 0 Å². The van der Waals surface area contributed by atoms with Crippen LogP contribution in [0.15, 0.2) is 0 Å². The molecular weight excluding hydrogens is 389 g/mol. The monoisotopic (exact) mass is 428 g/mol. The molecule has 0 aromatic carbocycles. The molecule has 6 nitrogen and oxygen atoms in total. The smallest absolute Gasteiger partial charge is 0.134 e. The van der Waals surface area contributed by atoms with E-state index in [-0.39, 0.29) is 46.3 Å². The van der Waals surface area contributed by atoms with Crippen LogP contribution < -0.4 is 0 Å². The van der Waals surface area contributed by atoms with E-state index < -0.39 is 8.80 Å². The Hall–Kier alpha value is 0.628. The van der Waals surface area contributed by atoms with E-state index in [1.165, 1.54) is 36.3 Å². The lowest BCUT2D eigenvalue weighted by Gasteiger charge is -2.19. The van der Waals surface area contributed by atoms with Crippen molar-refractivity contribution in [2.24, 2.45) is 0 Å². The molecule has 0 aliphatic heterocycles. The summed E-state index contributed by atoms with van der Waals surface area (Å²) < 4.78 is 32.2. The van der Waals surface area contributed by atoms with E-state index in [0.29, 0.717) is 0 Å². The molecule has 0 aromatic heterocycles. The molecule has 0 atom stereocenters. The molecule has 0 spiro atoms. The molecule has 0 unspecified atom stereocenters. The standard InChI is InChI=1S/C15H40O6Si4/c1-16-13(17-2)22-7-10-25(11-8-23-14(18-3)19-4)12-9-24-15(20-5)21-6/h13-15,25H,7-12,22-24H2,1-6H3. The molecule has 0 aliphatic rings. The summed E-state index contributed by atoms with van der Waals surface area (Å²) >= 11 is 0. The van der Waals surface area contributed by atoms with Crippen molar-refractivity contribution in [2.45, 2.75) is 54.0 Å². The quantitative estimate of drug-likeness (QED) is 0.221. The summed E-state index contributed by atoms with van der Waals surface area (Å²) in [5.41, 5.74) is 0. The molecule has 0 saturated carbocycles. The first-order chi connectivity index (χ1) is 12.1. The molecule has 152 valence electrons. The molecule has 0 radical (unpaired) electrons. The van der Waals surface area contributed by atoms with Gasteiger partial charge in [-0.15, -0.1) is 0 Å². The Morgan fingerprint density at radius 2 is 0.760 bits per heavy atom. The number of methoxy groups -OCH3 is 6. The van der Waals surface area contributed by atoms with Crippen LogP contribution in [0, 0.1) is 0 Å². The van der Waals surface area contributed by atoms with Gasteiger partial charge in [0.15, 0.2) is 0 Å². The zero-order valence-corrected chi connectivity index (χ0v) is 22.5. The van der Waals surface area contributed by atoms with E-state index >= 15 is 0 Å². The molecule has 0 fully saturated rings. The number of hydrogen-bond donors (Lipinski definition) is 0. The fourth-order valence-electron chi connectivity index (χ4n) is 3.15. The van der Waals surface area contributed by atoms with Crippen molar-refractivity contribution in [3.63, 3.8) is 0 Å². The van der Waals surface area contributed by atoms with Crippen LogP contribution in [0.25, 0.3) is 0 Å². The van der Waals surface area contributed by atoms with Gasteiger partial charge in [0, 0.05) is 51.5 Å². The van der Waals surface area contributed by atoms with Crippen LogP contribution in [-0.4, -0.2) is 97.8 Å². The first-order valence-electron chi connectivity index (χ1n) is 9.31. The van der Waals surface area contributed by atoms with Crippen LogP contribution >= 0.6 is 0 Å². The van der Waals surface area contributed by atoms with Gasteiger partial charge in [-0.25, -0.2) is 0 Å². The van der Waals surface area contributed by atoms with E-state index in [2.05, 4.69) is 0 Å². The second-order valence-electron chi connectivity index (χ2n) is 6.36. The Morgan fingerprint density at radius 3 is 0.960 bits per heavy atom. The van der Waals surface area contributed by atoms with E-state index in [1.807, 2.05) is 0 Å². The van der Waals surface area contributed by atoms with Crippen LogP contribution in [0.4, 0.5) is 0 Å². The highest BCUT2D eigenvalue weighted by molar-refractivity contribution is 6.62. The number of hydrogen-bond acceptors (Lipinski definition) is 6. The van der Waals surface area contributed by atoms with Gasteiger partial charge in [0.2, 0.25) is 0 Å². The molecule has 0 aromatic rings. The Morgan fingerprint density at radius 1 is 0.520 bits per heavy atom. The van der Waals surface area contributed by atoms with Crippen molar-refractivity contribution < 1.29 is 28.4 Å². The van der Waals surface area contributed by atoms with Gasteiger partial charge in [-0.2, -0.15) is 0 Å². The Labute approximate surface area is 162 Å². The topological polar surface area (TPSA) is 55.4 Å². The maximum absolute atomic E-state index is 5.37. The number of ether oxygens (including phenoxy) is 6. The maximum atomic E-state index is 5.37. The van der Waals surface area contributed by atoms with Crippen LogP contribution in [0.1, 0.15) is 0 Å². The first-order valence-corrected chi connectivity index (χ1v) is 17.2. The molecule has 0 bridgehead atoms. The Balaban J connectivity index is 4.24. The minimum Gasteiger partial charge on any atom is -0.360 e. The lowest BCUT2D eigenvalue weighted by atomic mass is 10.9. The minimum absolute atomic E-state index is 0.0797. The van der Waals surface area contributed by atoms with E-state index in [1.54, 1.807) is 42.7 Å². The zero-order chi connectivity index (χ0) is 18.9. The molecule has 25 heavy (non-hydrogen) atoms. The van der Waals surface area contributed by atoms with Crippen molar-refractivity contribution in [3.05, 3.63) is 0 Å². The summed E-state index contributed by atoms with van der Waals surface area (Å²) in [6, 6.07) is 8.28. The van der Waals surface area contributed by atoms with Crippen molar-refractivity contribution in [1.82, 2.24) is 0 Å². The predicted octanol–water partition coefficient (Wildman–Crippen LogP) is -0.296. The lowest BCUT2D eigenvalue weighted by molar-refractivity contribution is -0.0441. The van der Waals surface area contributed by atoms with Crippen molar-refractivity contribution in [2.75, 3.05) is 42.7 Å². The third-order valence-corrected chi connectivity index (χ3v) is 16.7. The van der Waals surface area contributed by atoms with Crippen molar-refractivity contribution >= 4 is 37.4 Å². The zero-order valence-electron chi connectivity index (χ0n) is 17.1. The van der Waals surface area contributed by atoms with Crippen LogP contribution in [0.3, 0.4) is 0 Å². The second kappa shape index (κ2) is 18.0. The average Bonchev–Trinajstić information content (AvgIpc) is 2.65. The predicted molar refractivity (Wildman–Crippen MR) is 115 cm³/mol. The summed E-state index contributed by atoms with van der Waals surface area (Å²) in [5, 5.41) is 0. The SMILES string of the molecule is COC(OC)[SiH2]CC[SiH](CC[SiH2]C(OC)OC)CC[SiH2]C(OC)OC. The fourth-order valence-corrected chi connectivity index (χ4v) is 16.2. The summed E-state index contributed by atoms with van der Waals surface area (Å²) in [4.78, 5) is 0. The molecule has 0 saturated heterocycles. The van der Waals surface area contributed by atoms with E-state index in [0.717, 1.165) is 0 Å². The summed E-state index contributed by atoms with van der Waals surface area (Å²) in [6.45, 7) is 0. The molecule has 0 N–H and O–H groups in total. The van der Waals surface area contributed by atoms with Gasteiger partial charge in [0.05, 0.1) is 28.6 Å². The Kier molecular flexibility index (Phi) is 18.5. The fraction of sp³-hybridized carbons (Fsp3) is 1.00. The van der Waals surface area contributed by atoms with Gasteiger partial charge in [-0.1, -0.05) is 36.3 Å². The lowest BCUT2D eigenvalue weighted by Crippen LogP contribution is -2.26. The molecular formula is C15H40O6Si4. The largest absolute Gasteiger partial charge is 0.360 e. The summed E-state index contributed by atoms with van der Waals surface area (Å²) in [6.07, 6.45) is 0. The highest BCUT2D eigenvalue weighted by Gasteiger charge is 2.16. The maximum Gasteiger partial charge on any atom is 0.134 e. The second-order valence-corrected chi connectivity index (χ2v) is 15.7. The van der Waals surface area contributed by atoms with Gasteiger partial charge in [-0.3, -0.25) is 0 Å². The molecule has 0 heterocycles. The van der Waals surface area contributed by atoms with Gasteiger partial charge < -0.3 is 28.4 Å². The average molecular weight is 429 g/mol. The minimum atomic E-state index is -0.706. The van der Waals surface area contributed by atoms with Crippen LogP contribution in [-0.2, 0) is 28.4 Å². The normalized spacial score (nSPS) is 14.8. The highest BCUT2D eigenvalue weighted by atomic mass is 28.3. The summed E-state index contributed by atoms with van der Waals surface area (Å²) in [5.74, 6) is 0.239. The van der Waals surface area contributed by atoms with Gasteiger partial charge >= 0.3 is 0 Å². The third-order valence-electron chi connectivity index (χ3n) is 4.73. The van der Waals surface area contributed by atoms with Gasteiger partial charge in [0.1, 0.15) is 17.7 Å². The molecule has 0 aliphatic carbocycles. The van der Waals surface area contributed by atoms with Crippen molar-refractivity contribution in [3.8, 4) is 0 Å². The van der Waals surface area contributed by atoms with Crippen LogP contribution in [0.5, 0.6) is 0 Å². The molecule has 0 rings (SSSR count). The first kappa shape index (κ1) is 25.6. The third kappa shape index (κ3) is 13.4. The van der Waals surface area contributed by atoms with E-state index in [9.17, 15) is 0 Å². The highest BCUT2D eigenvalue weighted by Crippen LogP contribution is 2.16. The van der Waals surface area contributed by atoms with Gasteiger partial charge in [0.25, 0.3) is 0 Å². The molecule has 10 heteroatoms.